The van der Waals surface area contributed by atoms with E-state index in [-0.39, 0.29) is 0 Å². The van der Waals surface area contributed by atoms with Crippen LogP contribution in [0.4, 0.5) is 17.1 Å². The maximum absolute atomic E-state index is 7.13. The molecule has 2 aromatic heterocycles. The van der Waals surface area contributed by atoms with Crippen molar-refractivity contribution >= 4 is 60.9 Å². The number of fused-ring (bicyclic) bond motifs is 9. The van der Waals surface area contributed by atoms with Crippen molar-refractivity contribution in [3.05, 3.63) is 235 Å². The number of anilines is 3. The number of benzene rings is 9. The largest absolute Gasteiger partial charge is 0.456 e. The summed E-state index contributed by atoms with van der Waals surface area (Å²) in [6.45, 7) is 0. The van der Waals surface area contributed by atoms with Crippen molar-refractivity contribution in [3.8, 4) is 22.3 Å². The molecule has 0 bridgehead atoms. The molecule has 0 unspecified atom stereocenters. The van der Waals surface area contributed by atoms with Gasteiger partial charge in [0.25, 0.3) is 0 Å². The molecule has 0 atom stereocenters. The average Bonchev–Trinajstić information content (AvgIpc) is 3.96. The highest BCUT2D eigenvalue weighted by molar-refractivity contribution is 6.11. The first-order chi connectivity index (χ1) is 28.8. The van der Waals surface area contributed by atoms with Crippen molar-refractivity contribution in [2.24, 2.45) is 0 Å². The smallest absolute Gasteiger partial charge is 0.159 e. The Morgan fingerprint density at radius 3 is 1.69 bits per heavy atom. The molecule has 12 rings (SSSR count). The van der Waals surface area contributed by atoms with Crippen LogP contribution < -0.4 is 4.90 Å². The number of furan rings is 2. The van der Waals surface area contributed by atoms with Gasteiger partial charge in [0.15, 0.2) is 5.58 Å². The molecule has 58 heavy (non-hydrogen) atoms. The van der Waals surface area contributed by atoms with Gasteiger partial charge in [-0.05, 0) is 87.0 Å². The summed E-state index contributed by atoms with van der Waals surface area (Å²) in [6, 6.07) is 76.0. The first-order valence-electron chi connectivity index (χ1n) is 19.8. The van der Waals surface area contributed by atoms with Crippen LogP contribution in [0.25, 0.3) is 66.1 Å². The van der Waals surface area contributed by atoms with Crippen LogP contribution in [0.3, 0.4) is 0 Å². The van der Waals surface area contributed by atoms with E-state index < -0.39 is 5.41 Å². The lowest BCUT2D eigenvalue weighted by Gasteiger charge is -2.33. The Morgan fingerprint density at radius 2 is 0.914 bits per heavy atom. The van der Waals surface area contributed by atoms with Gasteiger partial charge in [-0.25, -0.2) is 0 Å². The third-order valence-electron chi connectivity index (χ3n) is 12.2. The number of nitrogens with zero attached hydrogens (tertiary/aromatic N) is 1. The minimum Gasteiger partial charge on any atom is -0.456 e. The molecule has 0 N–H and O–H groups in total. The fourth-order valence-corrected chi connectivity index (χ4v) is 9.62. The maximum Gasteiger partial charge on any atom is 0.159 e. The second-order valence-electron chi connectivity index (χ2n) is 15.2. The van der Waals surface area contributed by atoms with Crippen molar-refractivity contribution < 1.29 is 8.83 Å². The van der Waals surface area contributed by atoms with E-state index in [1.807, 2.05) is 12.1 Å². The summed E-state index contributed by atoms with van der Waals surface area (Å²) in [5.41, 5.74) is 15.7. The maximum atomic E-state index is 7.13. The van der Waals surface area contributed by atoms with E-state index in [0.717, 1.165) is 66.5 Å². The van der Waals surface area contributed by atoms with E-state index in [4.69, 9.17) is 8.83 Å². The summed E-state index contributed by atoms with van der Waals surface area (Å²) in [5.74, 6) is 0. The Bertz CT molecular complexity index is 3290. The zero-order chi connectivity index (χ0) is 38.2. The minimum atomic E-state index is -0.515. The Kier molecular flexibility index (Phi) is 7.14. The third-order valence-corrected chi connectivity index (χ3v) is 12.2. The molecule has 9 aromatic carbocycles. The van der Waals surface area contributed by atoms with Crippen molar-refractivity contribution in [1.29, 1.82) is 0 Å². The number of hydrogen-bond donors (Lipinski definition) is 0. The lowest BCUT2D eigenvalue weighted by molar-refractivity contribution is 0.665. The molecule has 0 radical (unpaired) electrons. The number of hydrogen-bond acceptors (Lipinski definition) is 3. The average molecular weight is 742 g/mol. The van der Waals surface area contributed by atoms with Crippen LogP contribution in [0.5, 0.6) is 0 Å². The van der Waals surface area contributed by atoms with Gasteiger partial charge in [0.2, 0.25) is 0 Å². The van der Waals surface area contributed by atoms with Crippen LogP contribution in [-0.4, -0.2) is 0 Å². The molecule has 3 heteroatoms. The second-order valence-corrected chi connectivity index (χ2v) is 15.2. The lowest BCUT2D eigenvalue weighted by atomic mass is 9.67. The molecule has 272 valence electrons. The molecule has 2 heterocycles. The van der Waals surface area contributed by atoms with Crippen LogP contribution in [0, 0.1) is 0 Å². The first-order valence-corrected chi connectivity index (χ1v) is 19.8. The minimum absolute atomic E-state index is 0.515. The van der Waals surface area contributed by atoms with Crippen molar-refractivity contribution in [2.75, 3.05) is 4.90 Å². The number of para-hydroxylation sites is 2. The highest BCUT2D eigenvalue weighted by Crippen LogP contribution is 2.56. The van der Waals surface area contributed by atoms with Gasteiger partial charge in [-0.1, -0.05) is 164 Å². The number of rotatable bonds is 6. The summed E-state index contributed by atoms with van der Waals surface area (Å²) in [4.78, 5) is 2.29. The predicted octanol–water partition coefficient (Wildman–Crippen LogP) is 15.0. The van der Waals surface area contributed by atoms with Crippen molar-refractivity contribution in [2.45, 2.75) is 5.41 Å². The van der Waals surface area contributed by atoms with Crippen molar-refractivity contribution in [3.63, 3.8) is 0 Å². The molecule has 0 amide bonds. The fourth-order valence-electron chi connectivity index (χ4n) is 9.62. The quantitative estimate of drug-likeness (QED) is 0.170. The van der Waals surface area contributed by atoms with Gasteiger partial charge in [-0.2, -0.15) is 0 Å². The topological polar surface area (TPSA) is 29.5 Å². The molecule has 1 aliphatic rings. The molecule has 0 saturated heterocycles. The molecule has 3 nitrogen and oxygen atoms in total. The normalized spacial score (nSPS) is 13.0. The lowest BCUT2D eigenvalue weighted by Crippen LogP contribution is -2.28. The SMILES string of the molecule is c1ccc(-c2ccc(N(c3ccc4c(c3)oc3ccccc34)c3cccc4c3oc3cc(C5(c6ccccc6)c6ccccc6-c6ccccc65)ccc34)cc2)cc1. The molecule has 0 fully saturated rings. The van der Waals surface area contributed by atoms with Gasteiger partial charge in [0.1, 0.15) is 16.7 Å². The van der Waals surface area contributed by atoms with Gasteiger partial charge in [0, 0.05) is 33.3 Å². The van der Waals surface area contributed by atoms with Crippen LogP contribution in [0.15, 0.2) is 221 Å². The summed E-state index contributed by atoms with van der Waals surface area (Å²) in [5, 5.41) is 4.35. The standard InChI is InChI=1S/C55H35NO2/c1-3-14-36(15-4-1)37-26-29-40(30-27-37)56(41-31-33-45-44-20-9-12-25-51(44)57-53(45)35-41)50-24-13-21-47-46-32-28-39(34-52(46)58-54(47)50)55(38-16-5-2-6-17-38)48-22-10-7-18-42(48)43-19-8-11-23-49(43)55/h1-35H. The molecule has 11 aromatic rings. The van der Waals surface area contributed by atoms with E-state index in [1.54, 1.807) is 0 Å². The highest BCUT2D eigenvalue weighted by atomic mass is 16.3. The Balaban J connectivity index is 1.07. The van der Waals surface area contributed by atoms with E-state index in [2.05, 4.69) is 205 Å². The van der Waals surface area contributed by atoms with Crippen LogP contribution >= 0.6 is 0 Å². The predicted molar refractivity (Wildman–Crippen MR) is 238 cm³/mol. The van der Waals surface area contributed by atoms with E-state index in [1.165, 1.54) is 38.9 Å². The van der Waals surface area contributed by atoms with E-state index >= 15 is 0 Å². The molecule has 0 spiro atoms. The van der Waals surface area contributed by atoms with Crippen LogP contribution in [0.1, 0.15) is 22.3 Å². The monoisotopic (exact) mass is 741 g/mol. The van der Waals surface area contributed by atoms with Gasteiger partial charge in [-0.3, -0.25) is 0 Å². The zero-order valence-corrected chi connectivity index (χ0v) is 31.5. The second kappa shape index (κ2) is 12.7. The molecule has 0 aliphatic heterocycles. The summed E-state index contributed by atoms with van der Waals surface area (Å²) in [6.07, 6.45) is 0. The molecule has 0 saturated carbocycles. The van der Waals surface area contributed by atoms with Gasteiger partial charge in [0.05, 0.1) is 16.8 Å². The highest BCUT2D eigenvalue weighted by Gasteiger charge is 2.46. The van der Waals surface area contributed by atoms with E-state index in [9.17, 15) is 0 Å². The molecular formula is C55H35NO2. The van der Waals surface area contributed by atoms with Crippen LogP contribution in [-0.2, 0) is 5.41 Å². The van der Waals surface area contributed by atoms with Crippen molar-refractivity contribution in [1.82, 2.24) is 0 Å². The molecule has 1 aliphatic carbocycles. The van der Waals surface area contributed by atoms with Gasteiger partial charge < -0.3 is 13.7 Å². The third kappa shape index (κ3) is 4.74. The summed E-state index contributed by atoms with van der Waals surface area (Å²) in [7, 11) is 0. The zero-order valence-electron chi connectivity index (χ0n) is 31.5. The Morgan fingerprint density at radius 1 is 0.345 bits per heavy atom. The Labute approximate surface area is 335 Å². The van der Waals surface area contributed by atoms with Crippen LogP contribution in [0.2, 0.25) is 0 Å². The first kappa shape index (κ1) is 32.6. The fraction of sp³-hybridized carbons (Fsp3) is 0.0182. The van der Waals surface area contributed by atoms with Gasteiger partial charge >= 0.3 is 0 Å². The van der Waals surface area contributed by atoms with E-state index in [0.29, 0.717) is 0 Å². The molecular weight excluding hydrogens is 707 g/mol. The summed E-state index contributed by atoms with van der Waals surface area (Å²) < 4.78 is 13.6. The summed E-state index contributed by atoms with van der Waals surface area (Å²) >= 11 is 0. The Hall–Kier alpha value is -7.62. The van der Waals surface area contributed by atoms with Gasteiger partial charge in [-0.15, -0.1) is 0 Å².